The van der Waals surface area contributed by atoms with Gasteiger partial charge in [-0.1, -0.05) is 30.3 Å². The molecule has 9 heteroatoms. The third kappa shape index (κ3) is 5.55. The highest BCUT2D eigenvalue weighted by Crippen LogP contribution is 2.21. The second-order valence-corrected chi connectivity index (χ2v) is 8.28. The van der Waals surface area contributed by atoms with Gasteiger partial charge in [-0.25, -0.2) is 8.42 Å². The summed E-state index contributed by atoms with van der Waals surface area (Å²) in [5.41, 5.74) is 6.80. The standard InChI is InChI=1S/C18H26N4O3S.ClH/c1-20(2)18(23)17-12-16(14-21(17)3)26(24,25)22(11-7-10-19)13-15-8-5-4-6-9-15;/h4-6,8-9,12,14H,7,10-11,13,19H2,1-3H3;1H. The lowest BCUT2D eigenvalue weighted by atomic mass is 10.2. The average molecular weight is 415 g/mol. The molecule has 1 aromatic heterocycles. The van der Waals surface area contributed by atoms with Crippen LogP contribution in [0.1, 0.15) is 22.5 Å². The predicted molar refractivity (Wildman–Crippen MR) is 108 cm³/mol. The summed E-state index contributed by atoms with van der Waals surface area (Å²) in [4.78, 5) is 13.7. The maximum atomic E-state index is 13.1. The monoisotopic (exact) mass is 414 g/mol. The van der Waals surface area contributed by atoms with Crippen molar-refractivity contribution in [3.8, 4) is 0 Å². The molecule has 2 rings (SSSR count). The fraction of sp³-hybridized carbons (Fsp3) is 0.389. The smallest absolute Gasteiger partial charge is 0.269 e. The number of hydrogen-bond donors (Lipinski definition) is 1. The minimum atomic E-state index is -3.75. The van der Waals surface area contributed by atoms with Crippen LogP contribution in [0.4, 0.5) is 0 Å². The molecule has 0 saturated heterocycles. The number of nitrogens with zero attached hydrogens (tertiary/aromatic N) is 3. The normalized spacial score (nSPS) is 11.3. The van der Waals surface area contributed by atoms with Crippen LogP contribution in [0.3, 0.4) is 0 Å². The molecule has 0 fully saturated rings. The van der Waals surface area contributed by atoms with Gasteiger partial charge in [0.2, 0.25) is 10.0 Å². The molecule has 0 bridgehead atoms. The van der Waals surface area contributed by atoms with Crippen LogP contribution in [-0.2, 0) is 23.6 Å². The van der Waals surface area contributed by atoms with Gasteiger partial charge in [0.05, 0.1) is 0 Å². The zero-order valence-corrected chi connectivity index (χ0v) is 17.5. The fourth-order valence-electron chi connectivity index (χ4n) is 2.60. The number of hydrogen-bond acceptors (Lipinski definition) is 4. The Kier molecular flexibility index (Phi) is 8.49. The summed E-state index contributed by atoms with van der Waals surface area (Å²) in [5.74, 6) is -0.245. The molecule has 0 atom stereocenters. The van der Waals surface area contributed by atoms with Crippen molar-refractivity contribution in [2.45, 2.75) is 17.9 Å². The molecule has 0 aliphatic heterocycles. The van der Waals surface area contributed by atoms with Crippen LogP contribution < -0.4 is 5.73 Å². The molecular weight excluding hydrogens is 388 g/mol. The number of carbonyl (C=O) groups is 1. The van der Waals surface area contributed by atoms with E-state index in [9.17, 15) is 13.2 Å². The van der Waals surface area contributed by atoms with Gasteiger partial charge >= 0.3 is 0 Å². The number of aryl methyl sites for hydroxylation is 1. The molecule has 2 aromatic rings. The van der Waals surface area contributed by atoms with Crippen molar-refractivity contribution in [1.82, 2.24) is 13.8 Å². The highest BCUT2D eigenvalue weighted by Gasteiger charge is 2.27. The highest BCUT2D eigenvalue weighted by atomic mass is 35.5. The maximum Gasteiger partial charge on any atom is 0.269 e. The molecule has 0 unspecified atom stereocenters. The van der Waals surface area contributed by atoms with Crippen molar-refractivity contribution < 1.29 is 13.2 Å². The molecule has 2 N–H and O–H groups in total. The fourth-order valence-corrected chi connectivity index (χ4v) is 4.14. The van der Waals surface area contributed by atoms with E-state index in [4.69, 9.17) is 5.73 Å². The van der Waals surface area contributed by atoms with Gasteiger partial charge in [0.1, 0.15) is 10.6 Å². The molecule has 0 saturated carbocycles. The Morgan fingerprint density at radius 2 is 1.81 bits per heavy atom. The molecule has 27 heavy (non-hydrogen) atoms. The zero-order valence-electron chi connectivity index (χ0n) is 15.8. The maximum absolute atomic E-state index is 13.1. The van der Waals surface area contributed by atoms with Crippen molar-refractivity contribution in [2.75, 3.05) is 27.2 Å². The summed E-state index contributed by atoms with van der Waals surface area (Å²) in [6.07, 6.45) is 2.04. The molecule has 150 valence electrons. The largest absolute Gasteiger partial charge is 0.345 e. The van der Waals surface area contributed by atoms with Gasteiger partial charge in [0.25, 0.3) is 5.91 Å². The SMILES string of the molecule is CN(C)C(=O)c1cc(S(=O)(=O)N(CCCN)Cc2ccccc2)cn1C.Cl. The van der Waals surface area contributed by atoms with Crippen molar-refractivity contribution in [1.29, 1.82) is 0 Å². The number of aromatic nitrogens is 1. The zero-order chi connectivity index (χ0) is 19.3. The number of sulfonamides is 1. The Hall–Kier alpha value is -1.87. The van der Waals surface area contributed by atoms with Crippen LogP contribution in [0.25, 0.3) is 0 Å². The van der Waals surface area contributed by atoms with Crippen LogP contribution >= 0.6 is 12.4 Å². The van der Waals surface area contributed by atoms with E-state index in [1.54, 1.807) is 25.7 Å². The molecule has 1 aromatic carbocycles. The Bertz CT molecular complexity index is 851. The average Bonchev–Trinajstić information content (AvgIpc) is 3.01. The van der Waals surface area contributed by atoms with Gasteiger partial charge in [-0.3, -0.25) is 4.79 Å². The van der Waals surface area contributed by atoms with Crippen LogP contribution in [0, 0.1) is 0 Å². The molecular formula is C18H27ClN4O3S. The first-order valence-corrected chi connectivity index (χ1v) is 9.83. The minimum absolute atomic E-state index is 0. The first-order chi connectivity index (χ1) is 12.3. The van der Waals surface area contributed by atoms with E-state index in [1.807, 2.05) is 30.3 Å². The lowest BCUT2D eigenvalue weighted by molar-refractivity contribution is 0.0818. The van der Waals surface area contributed by atoms with E-state index in [2.05, 4.69) is 0 Å². The van der Waals surface area contributed by atoms with E-state index in [0.29, 0.717) is 25.2 Å². The highest BCUT2D eigenvalue weighted by molar-refractivity contribution is 7.89. The van der Waals surface area contributed by atoms with E-state index in [1.165, 1.54) is 21.5 Å². The van der Waals surface area contributed by atoms with Crippen LogP contribution in [0.15, 0.2) is 47.5 Å². The van der Waals surface area contributed by atoms with E-state index in [-0.39, 0.29) is 29.8 Å². The van der Waals surface area contributed by atoms with E-state index >= 15 is 0 Å². The molecule has 7 nitrogen and oxygen atoms in total. The van der Waals surface area contributed by atoms with Crippen molar-refractivity contribution in [3.63, 3.8) is 0 Å². The summed E-state index contributed by atoms with van der Waals surface area (Å²) in [6, 6.07) is 10.8. The number of rotatable bonds is 8. The van der Waals surface area contributed by atoms with Gasteiger partial charge in [-0.2, -0.15) is 4.31 Å². The Balaban J connectivity index is 0.00000364. The quantitative estimate of drug-likeness (QED) is 0.711. The first-order valence-electron chi connectivity index (χ1n) is 8.39. The number of halogens is 1. The first kappa shape index (κ1) is 23.2. The second-order valence-electron chi connectivity index (χ2n) is 6.34. The third-order valence-electron chi connectivity index (χ3n) is 4.06. The lowest BCUT2D eigenvalue weighted by Crippen LogP contribution is -2.32. The molecule has 1 amide bonds. The van der Waals surface area contributed by atoms with Gasteiger partial charge in [0, 0.05) is 40.4 Å². The minimum Gasteiger partial charge on any atom is -0.345 e. The number of nitrogens with two attached hydrogens (primary N) is 1. The summed E-state index contributed by atoms with van der Waals surface area (Å²) < 4.78 is 29.2. The summed E-state index contributed by atoms with van der Waals surface area (Å²) in [6.45, 7) is 0.981. The van der Waals surface area contributed by atoms with E-state index < -0.39 is 10.0 Å². The number of benzene rings is 1. The van der Waals surface area contributed by atoms with Crippen LogP contribution in [-0.4, -0.2) is 55.3 Å². The van der Waals surface area contributed by atoms with Crippen molar-refractivity contribution >= 4 is 28.3 Å². The molecule has 0 aliphatic rings. The van der Waals surface area contributed by atoms with Gasteiger partial charge in [0.15, 0.2) is 0 Å². The van der Waals surface area contributed by atoms with Crippen LogP contribution in [0.2, 0.25) is 0 Å². The number of amides is 1. The third-order valence-corrected chi connectivity index (χ3v) is 5.87. The molecule has 1 heterocycles. The van der Waals surface area contributed by atoms with Crippen molar-refractivity contribution in [3.05, 3.63) is 53.9 Å². The van der Waals surface area contributed by atoms with Gasteiger partial charge in [-0.15, -0.1) is 12.4 Å². The Morgan fingerprint density at radius 1 is 1.19 bits per heavy atom. The molecule has 0 aliphatic carbocycles. The predicted octanol–water partition coefficient (Wildman–Crippen LogP) is 1.69. The van der Waals surface area contributed by atoms with Crippen LogP contribution in [0.5, 0.6) is 0 Å². The Labute approximate surface area is 167 Å². The van der Waals surface area contributed by atoms with E-state index in [0.717, 1.165) is 5.56 Å². The van der Waals surface area contributed by atoms with Gasteiger partial charge < -0.3 is 15.2 Å². The summed E-state index contributed by atoms with van der Waals surface area (Å²) >= 11 is 0. The molecule has 0 spiro atoms. The lowest BCUT2D eigenvalue weighted by Gasteiger charge is -2.21. The van der Waals surface area contributed by atoms with Gasteiger partial charge in [-0.05, 0) is 24.6 Å². The van der Waals surface area contributed by atoms with Crippen molar-refractivity contribution in [2.24, 2.45) is 12.8 Å². The summed E-state index contributed by atoms with van der Waals surface area (Å²) in [5, 5.41) is 0. The Morgan fingerprint density at radius 3 is 2.37 bits per heavy atom. The number of carbonyl (C=O) groups excluding carboxylic acids is 1. The second kappa shape index (κ2) is 9.89. The molecule has 0 radical (unpaired) electrons. The topological polar surface area (TPSA) is 88.6 Å². The summed E-state index contributed by atoms with van der Waals surface area (Å²) in [7, 11) is 1.18.